The molecule has 2 atom stereocenters. The van der Waals surface area contributed by atoms with Crippen LogP contribution >= 0.6 is 0 Å². The number of alkyl halides is 3. The van der Waals surface area contributed by atoms with E-state index in [1.165, 1.54) is 41.3 Å². The van der Waals surface area contributed by atoms with Crippen LogP contribution < -0.4 is 5.32 Å². The fourth-order valence-electron chi connectivity index (χ4n) is 4.68. The quantitative estimate of drug-likeness (QED) is 0.628. The zero-order valence-corrected chi connectivity index (χ0v) is 20.0. The van der Waals surface area contributed by atoms with Gasteiger partial charge in [-0.3, -0.25) is 9.59 Å². The van der Waals surface area contributed by atoms with Crippen LogP contribution in [-0.4, -0.2) is 44.0 Å². The highest BCUT2D eigenvalue weighted by atomic mass is 32.2. The van der Waals surface area contributed by atoms with Crippen molar-refractivity contribution in [2.45, 2.75) is 55.3 Å². The summed E-state index contributed by atoms with van der Waals surface area (Å²) in [5.74, 6) is -0.664. The highest BCUT2D eigenvalue weighted by Gasteiger charge is 2.38. The maximum atomic E-state index is 13.3. The van der Waals surface area contributed by atoms with E-state index in [-0.39, 0.29) is 22.3 Å². The van der Waals surface area contributed by atoms with E-state index in [2.05, 4.69) is 5.32 Å². The van der Waals surface area contributed by atoms with Crippen molar-refractivity contribution >= 4 is 21.7 Å². The molecular weight excluding hydrogens is 481 g/mol. The van der Waals surface area contributed by atoms with E-state index in [0.717, 1.165) is 37.7 Å². The van der Waals surface area contributed by atoms with Crippen molar-refractivity contribution in [3.63, 3.8) is 0 Å². The van der Waals surface area contributed by atoms with Gasteiger partial charge < -0.3 is 10.2 Å². The SMILES string of the molecule is CS(=O)(=O)c1cccc(C(=O)N2CCC[C@@H]2C(=O)N[C@@H](c2ccc(C(F)(F)F)cc2)C2CCC2)c1. The zero-order valence-electron chi connectivity index (χ0n) is 19.2. The average molecular weight is 509 g/mol. The van der Waals surface area contributed by atoms with Gasteiger partial charge in [-0.2, -0.15) is 13.2 Å². The number of nitrogens with one attached hydrogen (secondary N) is 1. The molecule has 1 N–H and O–H groups in total. The van der Waals surface area contributed by atoms with Crippen molar-refractivity contribution in [2.75, 3.05) is 12.8 Å². The lowest BCUT2D eigenvalue weighted by atomic mass is 9.77. The van der Waals surface area contributed by atoms with Crippen molar-refractivity contribution in [2.24, 2.45) is 5.92 Å². The predicted molar refractivity (Wildman–Crippen MR) is 123 cm³/mol. The second kappa shape index (κ2) is 9.64. The van der Waals surface area contributed by atoms with Gasteiger partial charge in [0.2, 0.25) is 5.91 Å². The van der Waals surface area contributed by atoms with Gasteiger partial charge in [-0.1, -0.05) is 24.6 Å². The minimum atomic E-state index is -4.44. The molecule has 0 bridgehead atoms. The summed E-state index contributed by atoms with van der Waals surface area (Å²) in [7, 11) is -3.50. The summed E-state index contributed by atoms with van der Waals surface area (Å²) in [6, 6.07) is 9.40. The standard InChI is InChI=1S/C25H27F3N2O4S/c1-35(33,34)20-8-3-7-18(15-20)24(32)30-14-4-9-21(30)23(31)29-22(16-5-2-6-16)17-10-12-19(13-11-17)25(26,27)28/h3,7-8,10-13,15-16,21-22H,2,4-6,9,14H2,1H3,(H,29,31)/t21-,22-/m1/s1. The van der Waals surface area contributed by atoms with Gasteiger partial charge in [0, 0.05) is 18.4 Å². The summed E-state index contributed by atoms with van der Waals surface area (Å²) >= 11 is 0. The summed E-state index contributed by atoms with van der Waals surface area (Å²) in [6.07, 6.45) is 0.395. The second-order valence-corrected chi connectivity index (χ2v) is 11.3. The van der Waals surface area contributed by atoms with Crippen molar-refractivity contribution in [3.8, 4) is 0 Å². The summed E-state index contributed by atoms with van der Waals surface area (Å²) in [5, 5.41) is 3.00. The molecule has 1 aliphatic carbocycles. The van der Waals surface area contributed by atoms with E-state index >= 15 is 0 Å². The van der Waals surface area contributed by atoms with E-state index in [4.69, 9.17) is 0 Å². The Balaban J connectivity index is 1.52. The number of hydrogen-bond acceptors (Lipinski definition) is 4. The molecule has 188 valence electrons. The highest BCUT2D eigenvalue weighted by Crippen LogP contribution is 2.39. The number of sulfone groups is 1. The summed E-state index contributed by atoms with van der Waals surface area (Å²) in [5.41, 5.74) is 0.0440. The average Bonchev–Trinajstić information content (AvgIpc) is 3.26. The predicted octanol–water partition coefficient (Wildman–Crippen LogP) is 4.37. The molecule has 4 rings (SSSR count). The summed E-state index contributed by atoms with van der Waals surface area (Å²) < 4.78 is 62.7. The topological polar surface area (TPSA) is 83.6 Å². The lowest BCUT2D eigenvalue weighted by Gasteiger charge is -2.36. The highest BCUT2D eigenvalue weighted by molar-refractivity contribution is 7.90. The van der Waals surface area contributed by atoms with Crippen molar-refractivity contribution < 1.29 is 31.2 Å². The van der Waals surface area contributed by atoms with Crippen molar-refractivity contribution in [1.82, 2.24) is 10.2 Å². The van der Waals surface area contributed by atoms with Gasteiger partial charge in [-0.15, -0.1) is 0 Å². The Morgan fingerprint density at radius 1 is 1.03 bits per heavy atom. The molecule has 2 aromatic carbocycles. The fourth-order valence-corrected chi connectivity index (χ4v) is 5.35. The molecule has 2 aliphatic rings. The zero-order chi connectivity index (χ0) is 25.4. The van der Waals surface area contributed by atoms with Crippen LogP contribution in [0.15, 0.2) is 53.4 Å². The molecule has 2 fully saturated rings. The van der Waals surface area contributed by atoms with Crippen LogP contribution in [0.1, 0.15) is 59.6 Å². The number of amides is 2. The number of halogens is 3. The molecule has 10 heteroatoms. The first-order chi connectivity index (χ1) is 16.4. The van der Waals surface area contributed by atoms with Crippen LogP contribution in [-0.2, 0) is 20.8 Å². The second-order valence-electron chi connectivity index (χ2n) is 9.25. The number of rotatable bonds is 6. The summed E-state index contributed by atoms with van der Waals surface area (Å²) in [6.45, 7) is 0.356. The molecule has 0 spiro atoms. The molecule has 0 unspecified atom stereocenters. The van der Waals surface area contributed by atoms with E-state index in [9.17, 15) is 31.2 Å². The fraction of sp³-hybridized carbons (Fsp3) is 0.440. The Bertz CT molecular complexity index is 1210. The molecular formula is C25H27F3N2O4S. The number of carbonyl (C=O) groups excluding carboxylic acids is 2. The van der Waals surface area contributed by atoms with Crippen LogP contribution in [0.4, 0.5) is 13.2 Å². The molecule has 1 saturated heterocycles. The molecule has 2 aromatic rings. The number of nitrogens with zero attached hydrogens (tertiary/aromatic N) is 1. The lowest BCUT2D eigenvalue weighted by Crippen LogP contribution is -2.48. The van der Waals surface area contributed by atoms with Gasteiger partial charge in [0.15, 0.2) is 9.84 Å². The van der Waals surface area contributed by atoms with Crippen LogP contribution in [0.3, 0.4) is 0 Å². The monoisotopic (exact) mass is 508 g/mol. The molecule has 1 aliphatic heterocycles. The van der Waals surface area contributed by atoms with Gasteiger partial charge in [0.05, 0.1) is 16.5 Å². The third-order valence-corrected chi connectivity index (χ3v) is 7.95. The number of likely N-dealkylation sites (tertiary alicyclic amines) is 1. The molecule has 2 amide bonds. The Morgan fingerprint density at radius 3 is 2.29 bits per heavy atom. The van der Waals surface area contributed by atoms with Gasteiger partial charge in [0.1, 0.15) is 6.04 Å². The largest absolute Gasteiger partial charge is 0.416 e. The van der Waals surface area contributed by atoms with E-state index < -0.39 is 39.6 Å². The minimum absolute atomic E-state index is 0.0240. The van der Waals surface area contributed by atoms with Crippen LogP contribution in [0.2, 0.25) is 0 Å². The Labute approximate surface area is 202 Å². The number of hydrogen-bond donors (Lipinski definition) is 1. The lowest BCUT2D eigenvalue weighted by molar-refractivity contribution is -0.137. The van der Waals surface area contributed by atoms with Crippen LogP contribution in [0.5, 0.6) is 0 Å². The van der Waals surface area contributed by atoms with Crippen LogP contribution in [0.25, 0.3) is 0 Å². The maximum absolute atomic E-state index is 13.3. The Hall–Kier alpha value is -2.88. The van der Waals surface area contributed by atoms with Gasteiger partial charge >= 0.3 is 6.18 Å². The van der Waals surface area contributed by atoms with Gasteiger partial charge in [-0.25, -0.2) is 8.42 Å². The van der Waals surface area contributed by atoms with Gasteiger partial charge in [0.25, 0.3) is 5.91 Å². The first-order valence-corrected chi connectivity index (χ1v) is 13.4. The third-order valence-electron chi connectivity index (χ3n) is 6.84. The molecule has 0 aromatic heterocycles. The first-order valence-electron chi connectivity index (χ1n) is 11.5. The molecule has 35 heavy (non-hydrogen) atoms. The molecule has 6 nitrogen and oxygen atoms in total. The normalized spacial score (nSPS) is 19.8. The number of benzene rings is 2. The Kier molecular flexibility index (Phi) is 6.95. The molecule has 1 saturated carbocycles. The maximum Gasteiger partial charge on any atom is 0.416 e. The molecule has 1 heterocycles. The van der Waals surface area contributed by atoms with Crippen molar-refractivity contribution in [1.29, 1.82) is 0 Å². The number of carbonyl (C=O) groups is 2. The minimum Gasteiger partial charge on any atom is -0.347 e. The summed E-state index contributed by atoms with van der Waals surface area (Å²) in [4.78, 5) is 27.9. The first kappa shape index (κ1) is 25.2. The molecule has 0 radical (unpaired) electrons. The van der Waals surface area contributed by atoms with E-state index in [0.29, 0.717) is 24.9 Å². The Morgan fingerprint density at radius 2 is 1.71 bits per heavy atom. The smallest absolute Gasteiger partial charge is 0.347 e. The van der Waals surface area contributed by atoms with Crippen molar-refractivity contribution in [3.05, 3.63) is 65.2 Å². The van der Waals surface area contributed by atoms with Gasteiger partial charge in [-0.05, 0) is 67.5 Å². The van der Waals surface area contributed by atoms with E-state index in [1.807, 2.05) is 0 Å². The third kappa shape index (κ3) is 5.52. The van der Waals surface area contributed by atoms with Crippen LogP contribution in [0, 0.1) is 5.92 Å². The van der Waals surface area contributed by atoms with E-state index in [1.54, 1.807) is 0 Å².